The van der Waals surface area contributed by atoms with E-state index in [1.165, 1.54) is 30.6 Å². The minimum absolute atomic E-state index is 0.0323. The predicted molar refractivity (Wildman–Crippen MR) is 85.0 cm³/mol. The summed E-state index contributed by atoms with van der Waals surface area (Å²) in [5.74, 6) is 0.0323. The molecule has 0 aliphatic rings. The van der Waals surface area contributed by atoms with E-state index in [0.717, 1.165) is 11.3 Å². The molecule has 0 aliphatic heterocycles. The molecule has 22 heavy (non-hydrogen) atoms. The maximum absolute atomic E-state index is 12.7. The third-order valence-corrected chi connectivity index (χ3v) is 5.85. The number of methoxy groups -OCH3 is 1. The second-order valence-electron chi connectivity index (χ2n) is 4.67. The van der Waals surface area contributed by atoms with Crippen molar-refractivity contribution < 1.29 is 13.2 Å². The standard InChI is InChI=1S/C13H15Cl2N3O3S/c1-8-9(6-16-17-8)7-18(2)22(19,20)11-5-4-10(14)12(15)13(11)21-3/h4-6H,7H2,1-3H3,(H,16,17). The fraction of sp³-hybridized carbons (Fsp3) is 0.308. The molecule has 0 atom stereocenters. The number of aryl methyl sites for hydroxylation is 1. The molecular formula is C13H15Cl2N3O3S. The number of nitrogens with zero attached hydrogens (tertiary/aromatic N) is 2. The largest absolute Gasteiger partial charge is 0.494 e. The molecule has 6 nitrogen and oxygen atoms in total. The van der Waals surface area contributed by atoms with Gasteiger partial charge in [0.05, 0.1) is 18.3 Å². The smallest absolute Gasteiger partial charge is 0.246 e. The number of rotatable bonds is 5. The normalized spacial score (nSPS) is 11.9. The maximum Gasteiger partial charge on any atom is 0.246 e. The Labute approximate surface area is 139 Å². The van der Waals surface area contributed by atoms with Crippen LogP contribution >= 0.6 is 23.2 Å². The average Bonchev–Trinajstić information content (AvgIpc) is 2.86. The number of aromatic amines is 1. The van der Waals surface area contributed by atoms with E-state index >= 15 is 0 Å². The number of hydrogen-bond donors (Lipinski definition) is 1. The van der Waals surface area contributed by atoms with Crippen LogP contribution in [0.5, 0.6) is 5.75 Å². The molecule has 1 N–H and O–H groups in total. The molecule has 0 unspecified atom stereocenters. The summed E-state index contributed by atoms with van der Waals surface area (Å²) < 4.78 is 31.8. The minimum Gasteiger partial charge on any atom is -0.494 e. The maximum atomic E-state index is 12.7. The minimum atomic E-state index is -3.79. The summed E-state index contributed by atoms with van der Waals surface area (Å²) in [5.41, 5.74) is 1.59. The van der Waals surface area contributed by atoms with Crippen LogP contribution in [0.25, 0.3) is 0 Å². The van der Waals surface area contributed by atoms with Gasteiger partial charge in [-0.25, -0.2) is 8.42 Å². The Balaban J connectivity index is 2.42. The number of ether oxygens (including phenoxy) is 1. The van der Waals surface area contributed by atoms with Crippen LogP contribution in [0, 0.1) is 6.92 Å². The van der Waals surface area contributed by atoms with Crippen molar-refractivity contribution >= 4 is 33.2 Å². The topological polar surface area (TPSA) is 75.3 Å². The van der Waals surface area contributed by atoms with Crippen LogP contribution in [0.15, 0.2) is 23.2 Å². The summed E-state index contributed by atoms with van der Waals surface area (Å²) in [5, 5.41) is 6.94. The summed E-state index contributed by atoms with van der Waals surface area (Å²) in [6, 6.07) is 2.80. The van der Waals surface area contributed by atoms with Gasteiger partial charge in [0, 0.05) is 24.8 Å². The number of H-pyrrole nitrogens is 1. The van der Waals surface area contributed by atoms with Gasteiger partial charge in [-0.3, -0.25) is 5.10 Å². The Morgan fingerprint density at radius 1 is 1.36 bits per heavy atom. The molecule has 2 aromatic rings. The van der Waals surface area contributed by atoms with E-state index in [4.69, 9.17) is 27.9 Å². The Bertz CT molecular complexity index is 790. The number of aromatic nitrogens is 2. The lowest BCUT2D eigenvalue weighted by atomic mass is 10.3. The molecule has 2 rings (SSSR count). The van der Waals surface area contributed by atoms with Crippen LogP contribution in [-0.4, -0.2) is 37.1 Å². The van der Waals surface area contributed by atoms with Crippen LogP contribution in [0.2, 0.25) is 10.0 Å². The molecule has 0 aliphatic carbocycles. The van der Waals surface area contributed by atoms with E-state index in [2.05, 4.69) is 10.2 Å². The van der Waals surface area contributed by atoms with Gasteiger partial charge in [-0.1, -0.05) is 23.2 Å². The van der Waals surface area contributed by atoms with Crippen molar-refractivity contribution in [2.75, 3.05) is 14.2 Å². The van der Waals surface area contributed by atoms with Gasteiger partial charge in [0.25, 0.3) is 0 Å². The average molecular weight is 364 g/mol. The van der Waals surface area contributed by atoms with Crippen molar-refractivity contribution in [1.82, 2.24) is 14.5 Å². The molecule has 0 fully saturated rings. The van der Waals surface area contributed by atoms with E-state index in [0.29, 0.717) is 0 Å². The summed E-state index contributed by atoms with van der Waals surface area (Å²) in [6.07, 6.45) is 1.59. The lowest BCUT2D eigenvalue weighted by molar-refractivity contribution is 0.398. The molecule has 0 bridgehead atoms. The predicted octanol–water partition coefficient (Wildman–Crippen LogP) is 2.85. The van der Waals surface area contributed by atoms with Gasteiger partial charge in [0.1, 0.15) is 9.92 Å². The number of halogens is 2. The first kappa shape index (κ1) is 17.1. The van der Waals surface area contributed by atoms with Crippen LogP contribution < -0.4 is 4.74 Å². The van der Waals surface area contributed by atoms with Crippen molar-refractivity contribution in [2.45, 2.75) is 18.4 Å². The SMILES string of the molecule is COc1c(S(=O)(=O)N(C)Cc2cn[nH]c2C)ccc(Cl)c1Cl. The van der Waals surface area contributed by atoms with Crippen molar-refractivity contribution in [3.05, 3.63) is 39.6 Å². The van der Waals surface area contributed by atoms with Crippen molar-refractivity contribution in [3.63, 3.8) is 0 Å². The molecular weight excluding hydrogens is 349 g/mol. The highest BCUT2D eigenvalue weighted by molar-refractivity contribution is 7.89. The number of sulfonamides is 1. The van der Waals surface area contributed by atoms with E-state index in [-0.39, 0.29) is 27.2 Å². The van der Waals surface area contributed by atoms with Gasteiger partial charge in [-0.05, 0) is 19.1 Å². The van der Waals surface area contributed by atoms with E-state index in [1.54, 1.807) is 6.20 Å². The van der Waals surface area contributed by atoms with Gasteiger partial charge < -0.3 is 4.74 Å². The third kappa shape index (κ3) is 3.08. The first-order valence-electron chi connectivity index (χ1n) is 6.26. The number of benzene rings is 1. The zero-order chi connectivity index (χ0) is 16.5. The molecule has 0 spiro atoms. The van der Waals surface area contributed by atoms with Crippen LogP contribution in [0.1, 0.15) is 11.3 Å². The van der Waals surface area contributed by atoms with Gasteiger partial charge >= 0.3 is 0 Å². The quantitative estimate of drug-likeness (QED) is 0.885. The monoisotopic (exact) mass is 363 g/mol. The molecule has 9 heteroatoms. The van der Waals surface area contributed by atoms with E-state index in [9.17, 15) is 8.42 Å². The molecule has 0 saturated carbocycles. The van der Waals surface area contributed by atoms with Crippen molar-refractivity contribution in [3.8, 4) is 5.75 Å². The summed E-state index contributed by atoms with van der Waals surface area (Å²) in [7, 11) is -0.970. The second kappa shape index (κ2) is 6.45. The van der Waals surface area contributed by atoms with E-state index in [1.807, 2.05) is 6.92 Å². The molecule has 1 aromatic carbocycles. The highest BCUT2D eigenvalue weighted by Crippen LogP contribution is 2.38. The van der Waals surface area contributed by atoms with Crippen molar-refractivity contribution in [1.29, 1.82) is 0 Å². The molecule has 120 valence electrons. The zero-order valence-corrected chi connectivity index (χ0v) is 14.6. The van der Waals surface area contributed by atoms with Crippen molar-refractivity contribution in [2.24, 2.45) is 0 Å². The Morgan fingerprint density at radius 2 is 2.05 bits per heavy atom. The second-order valence-corrected chi connectivity index (χ2v) is 7.47. The van der Waals surface area contributed by atoms with Gasteiger partial charge in [0.15, 0.2) is 5.75 Å². The highest BCUT2D eigenvalue weighted by atomic mass is 35.5. The molecule has 0 amide bonds. The number of hydrogen-bond acceptors (Lipinski definition) is 4. The first-order chi connectivity index (χ1) is 10.3. The Kier molecular flexibility index (Phi) is 5.01. The molecule has 1 heterocycles. The fourth-order valence-electron chi connectivity index (χ4n) is 1.94. The van der Waals surface area contributed by atoms with Gasteiger partial charge in [-0.15, -0.1) is 0 Å². The Hall–Kier alpha value is -1.28. The molecule has 0 radical (unpaired) electrons. The van der Waals surface area contributed by atoms with Gasteiger partial charge in [-0.2, -0.15) is 9.40 Å². The lowest BCUT2D eigenvalue weighted by Gasteiger charge is -2.19. The zero-order valence-electron chi connectivity index (χ0n) is 12.2. The summed E-state index contributed by atoms with van der Waals surface area (Å²) in [6.45, 7) is 2.00. The first-order valence-corrected chi connectivity index (χ1v) is 8.45. The van der Waals surface area contributed by atoms with Crippen LogP contribution in [-0.2, 0) is 16.6 Å². The van der Waals surface area contributed by atoms with Crippen LogP contribution in [0.3, 0.4) is 0 Å². The van der Waals surface area contributed by atoms with E-state index < -0.39 is 10.0 Å². The third-order valence-electron chi connectivity index (χ3n) is 3.23. The summed E-state index contributed by atoms with van der Waals surface area (Å²) >= 11 is 11.9. The highest BCUT2D eigenvalue weighted by Gasteiger charge is 2.27. The number of nitrogens with one attached hydrogen (secondary N) is 1. The fourth-order valence-corrected chi connectivity index (χ4v) is 3.69. The molecule has 0 saturated heterocycles. The lowest BCUT2D eigenvalue weighted by Crippen LogP contribution is -2.27. The van der Waals surface area contributed by atoms with Crippen LogP contribution in [0.4, 0.5) is 0 Å². The summed E-state index contributed by atoms with van der Waals surface area (Å²) in [4.78, 5) is -0.0342. The molecule has 1 aromatic heterocycles. The Morgan fingerprint density at radius 3 is 2.59 bits per heavy atom. The van der Waals surface area contributed by atoms with Gasteiger partial charge in [0.2, 0.25) is 10.0 Å².